The van der Waals surface area contributed by atoms with Gasteiger partial charge in [0.25, 0.3) is 11.1 Å². The Kier molecular flexibility index (Phi) is 7.26. The number of thioether (sulfide) groups is 1. The topological polar surface area (TPSA) is 72.9 Å². The van der Waals surface area contributed by atoms with Crippen LogP contribution < -0.4 is 9.47 Å². The van der Waals surface area contributed by atoms with Gasteiger partial charge in [0.15, 0.2) is 0 Å². The molecular weight excluding hydrogens is 497 g/mol. The Morgan fingerprint density at radius 2 is 1.74 bits per heavy atom. The van der Waals surface area contributed by atoms with Crippen molar-refractivity contribution in [1.82, 2.24) is 4.90 Å². The monoisotopic (exact) mass is 513 g/mol. The van der Waals surface area contributed by atoms with E-state index in [1.807, 2.05) is 0 Å². The van der Waals surface area contributed by atoms with E-state index in [-0.39, 0.29) is 17.2 Å². The summed E-state index contributed by atoms with van der Waals surface area (Å²) >= 11 is 12.8. The number of amides is 2. The van der Waals surface area contributed by atoms with Crippen molar-refractivity contribution < 1.29 is 23.9 Å². The Labute approximate surface area is 210 Å². The number of methoxy groups -OCH3 is 1. The third-order valence-corrected chi connectivity index (χ3v) is 6.58. The van der Waals surface area contributed by atoms with E-state index in [1.165, 1.54) is 13.2 Å². The molecule has 2 amide bonds. The summed E-state index contributed by atoms with van der Waals surface area (Å²) in [4.78, 5) is 39.4. The highest BCUT2D eigenvalue weighted by atomic mass is 35.5. The summed E-state index contributed by atoms with van der Waals surface area (Å²) in [6, 6.07) is 18.2. The van der Waals surface area contributed by atoms with Crippen LogP contribution in [0.15, 0.2) is 71.6 Å². The first-order valence-corrected chi connectivity index (χ1v) is 11.6. The van der Waals surface area contributed by atoms with E-state index in [9.17, 15) is 14.4 Å². The molecule has 34 heavy (non-hydrogen) atoms. The average molecular weight is 514 g/mol. The molecule has 4 rings (SSSR count). The number of ether oxygens (including phenoxy) is 2. The van der Waals surface area contributed by atoms with E-state index in [4.69, 9.17) is 32.7 Å². The van der Waals surface area contributed by atoms with Crippen molar-refractivity contribution in [3.63, 3.8) is 0 Å². The van der Waals surface area contributed by atoms with E-state index in [1.54, 1.807) is 66.7 Å². The van der Waals surface area contributed by atoms with Gasteiger partial charge in [-0.15, -0.1) is 0 Å². The molecule has 0 N–H and O–H groups in total. The number of halogens is 2. The molecule has 1 aliphatic rings. The fourth-order valence-electron chi connectivity index (χ4n) is 3.18. The van der Waals surface area contributed by atoms with Crippen molar-refractivity contribution in [1.29, 1.82) is 0 Å². The van der Waals surface area contributed by atoms with Gasteiger partial charge in [0, 0.05) is 5.56 Å². The summed E-state index contributed by atoms with van der Waals surface area (Å²) in [5.74, 6) is -0.123. The summed E-state index contributed by atoms with van der Waals surface area (Å²) in [5, 5.41) is 0.324. The number of esters is 1. The summed E-state index contributed by atoms with van der Waals surface area (Å²) in [7, 11) is 1.54. The van der Waals surface area contributed by atoms with Gasteiger partial charge in [-0.05, 0) is 65.9 Å². The van der Waals surface area contributed by atoms with E-state index in [2.05, 4.69) is 0 Å². The summed E-state index contributed by atoms with van der Waals surface area (Å²) < 4.78 is 10.7. The van der Waals surface area contributed by atoms with Crippen LogP contribution in [-0.2, 0) is 11.3 Å². The maximum atomic E-state index is 12.9. The van der Waals surface area contributed by atoms with Crippen LogP contribution in [0.25, 0.3) is 6.08 Å². The Morgan fingerprint density at radius 3 is 2.44 bits per heavy atom. The Balaban J connectivity index is 1.53. The van der Waals surface area contributed by atoms with Crippen LogP contribution in [0.2, 0.25) is 10.0 Å². The summed E-state index contributed by atoms with van der Waals surface area (Å²) in [5.41, 5.74) is 1.51. The minimum atomic E-state index is -0.559. The van der Waals surface area contributed by atoms with E-state index in [0.29, 0.717) is 32.5 Å². The van der Waals surface area contributed by atoms with Crippen LogP contribution in [0.1, 0.15) is 21.5 Å². The molecule has 0 spiro atoms. The first-order valence-electron chi connectivity index (χ1n) is 10.0. The number of imide groups is 1. The molecule has 1 saturated heterocycles. The normalized spacial score (nSPS) is 14.6. The van der Waals surface area contributed by atoms with Crippen molar-refractivity contribution in [2.24, 2.45) is 0 Å². The molecule has 172 valence electrons. The first kappa shape index (κ1) is 23.9. The molecule has 3 aromatic carbocycles. The lowest BCUT2D eigenvalue weighted by molar-refractivity contribution is -0.123. The van der Waals surface area contributed by atoms with Gasteiger partial charge in [-0.1, -0.05) is 47.5 Å². The minimum Gasteiger partial charge on any atom is -0.497 e. The number of hydrogen-bond acceptors (Lipinski definition) is 6. The summed E-state index contributed by atoms with van der Waals surface area (Å²) in [6.07, 6.45) is 1.54. The predicted molar refractivity (Wildman–Crippen MR) is 132 cm³/mol. The van der Waals surface area contributed by atoms with Crippen molar-refractivity contribution in [3.8, 4) is 11.5 Å². The smallest absolute Gasteiger partial charge is 0.343 e. The van der Waals surface area contributed by atoms with Gasteiger partial charge in [-0.3, -0.25) is 14.5 Å². The Hall–Kier alpha value is -3.26. The quantitative estimate of drug-likeness (QED) is 0.214. The third-order valence-electron chi connectivity index (χ3n) is 4.93. The maximum absolute atomic E-state index is 12.9. The van der Waals surface area contributed by atoms with Crippen molar-refractivity contribution in [2.45, 2.75) is 6.54 Å². The van der Waals surface area contributed by atoms with Gasteiger partial charge < -0.3 is 9.47 Å². The maximum Gasteiger partial charge on any atom is 0.343 e. The zero-order valence-corrected chi connectivity index (χ0v) is 20.1. The van der Waals surface area contributed by atoms with Crippen molar-refractivity contribution >= 4 is 58.2 Å². The third kappa shape index (κ3) is 5.28. The molecular formula is C25H17Cl2NO5S. The van der Waals surface area contributed by atoms with E-state index >= 15 is 0 Å². The average Bonchev–Trinajstić information content (AvgIpc) is 3.10. The molecule has 1 aliphatic heterocycles. The highest BCUT2D eigenvalue weighted by molar-refractivity contribution is 8.18. The van der Waals surface area contributed by atoms with Gasteiger partial charge in [0.2, 0.25) is 0 Å². The van der Waals surface area contributed by atoms with Crippen molar-refractivity contribution in [2.75, 3.05) is 7.11 Å². The van der Waals surface area contributed by atoms with E-state index < -0.39 is 17.1 Å². The number of benzene rings is 3. The van der Waals surface area contributed by atoms with Crippen LogP contribution >= 0.6 is 35.0 Å². The van der Waals surface area contributed by atoms with Gasteiger partial charge in [0.05, 0.1) is 34.2 Å². The fourth-order valence-corrected chi connectivity index (χ4v) is 4.33. The molecule has 0 aliphatic carbocycles. The minimum absolute atomic E-state index is 0.0625. The second-order valence-electron chi connectivity index (χ2n) is 7.17. The van der Waals surface area contributed by atoms with Crippen LogP contribution in [-0.4, -0.2) is 29.1 Å². The molecule has 0 radical (unpaired) electrons. The SMILES string of the molecule is COc1ccc(C(=O)Oc2ccccc2/C=C2\SC(=O)N(Cc3ccc(Cl)c(Cl)c3)C2=O)cc1. The van der Waals surface area contributed by atoms with Gasteiger partial charge in [0.1, 0.15) is 11.5 Å². The molecule has 0 aromatic heterocycles. The van der Waals surface area contributed by atoms with Gasteiger partial charge in [-0.25, -0.2) is 4.79 Å². The van der Waals surface area contributed by atoms with Crippen LogP contribution in [0.5, 0.6) is 11.5 Å². The largest absolute Gasteiger partial charge is 0.497 e. The van der Waals surface area contributed by atoms with Gasteiger partial charge >= 0.3 is 5.97 Å². The molecule has 1 heterocycles. The fraction of sp³-hybridized carbons (Fsp3) is 0.0800. The zero-order valence-electron chi connectivity index (χ0n) is 17.8. The number of nitrogens with zero attached hydrogens (tertiary/aromatic N) is 1. The van der Waals surface area contributed by atoms with Crippen LogP contribution in [0.3, 0.4) is 0 Å². The van der Waals surface area contributed by atoms with E-state index in [0.717, 1.165) is 16.7 Å². The lowest BCUT2D eigenvalue weighted by Gasteiger charge is -2.13. The molecule has 1 fully saturated rings. The zero-order chi connectivity index (χ0) is 24.2. The molecule has 3 aromatic rings. The number of carbonyl (C=O) groups is 3. The Bertz CT molecular complexity index is 1310. The highest BCUT2D eigenvalue weighted by Crippen LogP contribution is 2.35. The Morgan fingerprint density at radius 1 is 1.00 bits per heavy atom. The molecule has 0 atom stereocenters. The number of hydrogen-bond donors (Lipinski definition) is 0. The molecule has 0 saturated carbocycles. The first-order chi connectivity index (χ1) is 16.4. The standard InChI is InChI=1S/C25H17Cl2NO5S/c1-32-18-9-7-16(8-10-18)24(30)33-21-5-3-2-4-17(21)13-22-23(29)28(25(31)34-22)14-15-6-11-19(26)20(27)12-15/h2-13H,14H2,1H3/b22-13-. The number of para-hydroxylation sites is 1. The van der Waals surface area contributed by atoms with Crippen LogP contribution in [0, 0.1) is 0 Å². The lowest BCUT2D eigenvalue weighted by Crippen LogP contribution is -2.27. The molecule has 9 heteroatoms. The summed E-state index contributed by atoms with van der Waals surface area (Å²) in [6.45, 7) is 0.0625. The molecule has 0 unspecified atom stereocenters. The van der Waals surface area contributed by atoms with Crippen molar-refractivity contribution in [3.05, 3.63) is 98.4 Å². The predicted octanol–water partition coefficient (Wildman–Crippen LogP) is 6.46. The van der Waals surface area contributed by atoms with Crippen LogP contribution in [0.4, 0.5) is 4.79 Å². The number of carbonyl (C=O) groups excluding carboxylic acids is 3. The molecule has 6 nitrogen and oxygen atoms in total. The second-order valence-corrected chi connectivity index (χ2v) is 8.98. The highest BCUT2D eigenvalue weighted by Gasteiger charge is 2.35. The second kappa shape index (κ2) is 10.3. The lowest BCUT2D eigenvalue weighted by atomic mass is 10.1. The number of rotatable bonds is 6. The molecule has 0 bridgehead atoms. The van der Waals surface area contributed by atoms with Gasteiger partial charge in [-0.2, -0.15) is 0 Å².